The molecule has 0 spiro atoms. The molecule has 1 heterocycles. The molecule has 0 aliphatic rings. The fourth-order valence-corrected chi connectivity index (χ4v) is 2.48. The smallest absolute Gasteiger partial charge is 0.321 e. The first kappa shape index (κ1) is 17.5. The van der Waals surface area contributed by atoms with Crippen LogP contribution in [0.5, 0.6) is 0 Å². The van der Waals surface area contributed by atoms with E-state index >= 15 is 0 Å². The van der Waals surface area contributed by atoms with E-state index < -0.39 is 23.2 Å². The summed E-state index contributed by atoms with van der Waals surface area (Å²) in [5, 5.41) is 2.41. The molecular formula is C19H13F3N2O2. The number of para-hydroxylation sites is 1. The first-order chi connectivity index (χ1) is 12.4. The largest absolute Gasteiger partial charge is 0.417 e. The molecule has 1 amide bonds. The van der Waals surface area contributed by atoms with Gasteiger partial charge in [-0.2, -0.15) is 13.2 Å². The molecule has 0 saturated carbocycles. The Morgan fingerprint density at radius 3 is 2.23 bits per heavy atom. The zero-order valence-electron chi connectivity index (χ0n) is 13.3. The van der Waals surface area contributed by atoms with Crippen LogP contribution in [0.2, 0.25) is 0 Å². The van der Waals surface area contributed by atoms with Gasteiger partial charge in [-0.15, -0.1) is 0 Å². The molecule has 0 atom stereocenters. The topological polar surface area (TPSA) is 51.1 Å². The van der Waals surface area contributed by atoms with Gasteiger partial charge in [0.15, 0.2) is 0 Å². The highest BCUT2D eigenvalue weighted by molar-refractivity contribution is 6.05. The van der Waals surface area contributed by atoms with Crippen molar-refractivity contribution in [3.63, 3.8) is 0 Å². The molecule has 0 aliphatic heterocycles. The van der Waals surface area contributed by atoms with E-state index in [0.29, 0.717) is 5.69 Å². The number of rotatable bonds is 3. The van der Waals surface area contributed by atoms with Crippen LogP contribution in [0.4, 0.5) is 18.9 Å². The van der Waals surface area contributed by atoms with Crippen molar-refractivity contribution in [2.24, 2.45) is 0 Å². The van der Waals surface area contributed by atoms with Gasteiger partial charge in [-0.05, 0) is 30.3 Å². The Kier molecular flexibility index (Phi) is 4.62. The molecule has 26 heavy (non-hydrogen) atoms. The van der Waals surface area contributed by atoms with E-state index in [2.05, 4.69) is 5.32 Å². The molecule has 2 aromatic carbocycles. The summed E-state index contributed by atoms with van der Waals surface area (Å²) >= 11 is 0. The lowest BCUT2D eigenvalue weighted by Gasteiger charge is -2.13. The standard InChI is InChI=1S/C19H13F3N2O2/c20-19(21,22)16-9-5-4-8-15(16)18(26)23-13-10-11-17(25)24(12-13)14-6-2-1-3-7-14/h1-12H,(H,23,26). The normalized spacial score (nSPS) is 11.2. The van der Waals surface area contributed by atoms with Crippen LogP contribution in [-0.2, 0) is 6.18 Å². The highest BCUT2D eigenvalue weighted by atomic mass is 19.4. The Morgan fingerprint density at radius 2 is 1.54 bits per heavy atom. The molecule has 3 aromatic rings. The summed E-state index contributed by atoms with van der Waals surface area (Å²) in [6.07, 6.45) is -3.28. The average Bonchev–Trinajstić information content (AvgIpc) is 2.63. The number of carbonyl (C=O) groups excluding carboxylic acids is 1. The second-order valence-corrected chi connectivity index (χ2v) is 5.46. The minimum atomic E-state index is -4.64. The predicted octanol–water partition coefficient (Wildman–Crippen LogP) is 4.11. The van der Waals surface area contributed by atoms with Crippen molar-refractivity contribution in [1.29, 1.82) is 0 Å². The average molecular weight is 358 g/mol. The highest BCUT2D eigenvalue weighted by Crippen LogP contribution is 2.32. The molecular weight excluding hydrogens is 345 g/mol. The van der Waals surface area contributed by atoms with Crippen molar-refractivity contribution in [1.82, 2.24) is 4.57 Å². The summed E-state index contributed by atoms with van der Waals surface area (Å²) in [6.45, 7) is 0. The summed E-state index contributed by atoms with van der Waals surface area (Å²) in [5.41, 5.74) is -1.06. The molecule has 7 heteroatoms. The van der Waals surface area contributed by atoms with E-state index in [4.69, 9.17) is 0 Å². The summed E-state index contributed by atoms with van der Waals surface area (Å²) in [7, 11) is 0. The molecule has 1 aromatic heterocycles. The third-order valence-electron chi connectivity index (χ3n) is 3.68. The van der Waals surface area contributed by atoms with Crippen molar-refractivity contribution in [3.05, 3.63) is 94.4 Å². The number of pyridine rings is 1. The third kappa shape index (κ3) is 3.66. The van der Waals surface area contributed by atoms with Crippen molar-refractivity contribution in [3.8, 4) is 5.69 Å². The lowest BCUT2D eigenvalue weighted by molar-refractivity contribution is -0.137. The van der Waals surface area contributed by atoms with Gasteiger partial charge in [-0.3, -0.25) is 14.2 Å². The Bertz CT molecular complexity index is 995. The van der Waals surface area contributed by atoms with Gasteiger partial charge in [-0.1, -0.05) is 30.3 Å². The fourth-order valence-electron chi connectivity index (χ4n) is 2.48. The first-order valence-electron chi connectivity index (χ1n) is 7.62. The molecule has 0 radical (unpaired) electrons. The van der Waals surface area contributed by atoms with Gasteiger partial charge in [0, 0.05) is 18.0 Å². The monoisotopic (exact) mass is 358 g/mol. The van der Waals surface area contributed by atoms with Crippen LogP contribution in [0.25, 0.3) is 5.69 Å². The van der Waals surface area contributed by atoms with E-state index in [1.807, 2.05) is 0 Å². The van der Waals surface area contributed by atoms with Crippen LogP contribution in [0.3, 0.4) is 0 Å². The first-order valence-corrected chi connectivity index (χ1v) is 7.62. The van der Waals surface area contributed by atoms with Gasteiger partial charge in [0.25, 0.3) is 11.5 Å². The molecule has 3 rings (SSSR count). The van der Waals surface area contributed by atoms with Gasteiger partial charge < -0.3 is 5.32 Å². The Balaban J connectivity index is 1.94. The molecule has 0 saturated heterocycles. The van der Waals surface area contributed by atoms with Crippen LogP contribution in [-0.4, -0.2) is 10.5 Å². The van der Waals surface area contributed by atoms with E-state index in [1.165, 1.54) is 35.0 Å². The van der Waals surface area contributed by atoms with Crippen LogP contribution >= 0.6 is 0 Å². The molecule has 4 nitrogen and oxygen atoms in total. The van der Waals surface area contributed by atoms with Crippen molar-refractivity contribution < 1.29 is 18.0 Å². The van der Waals surface area contributed by atoms with Gasteiger partial charge in [0.1, 0.15) is 0 Å². The van der Waals surface area contributed by atoms with Crippen LogP contribution in [0, 0.1) is 0 Å². The quantitative estimate of drug-likeness (QED) is 0.766. The number of aromatic nitrogens is 1. The van der Waals surface area contributed by atoms with Gasteiger partial charge in [-0.25, -0.2) is 0 Å². The molecule has 0 unspecified atom stereocenters. The minimum Gasteiger partial charge on any atom is -0.321 e. The fraction of sp³-hybridized carbons (Fsp3) is 0.0526. The second kappa shape index (κ2) is 6.87. The predicted molar refractivity (Wildman–Crippen MR) is 91.4 cm³/mol. The number of hydrogen-bond donors (Lipinski definition) is 1. The van der Waals surface area contributed by atoms with E-state index in [0.717, 1.165) is 12.1 Å². The zero-order valence-corrected chi connectivity index (χ0v) is 13.3. The Morgan fingerprint density at radius 1 is 0.885 bits per heavy atom. The highest BCUT2D eigenvalue weighted by Gasteiger charge is 2.34. The number of nitrogens with one attached hydrogen (secondary N) is 1. The van der Waals surface area contributed by atoms with Gasteiger partial charge in [0.05, 0.1) is 16.8 Å². The molecule has 1 N–H and O–H groups in total. The number of benzene rings is 2. The van der Waals surface area contributed by atoms with Gasteiger partial charge >= 0.3 is 6.18 Å². The number of anilines is 1. The molecule has 0 aliphatic carbocycles. The maximum Gasteiger partial charge on any atom is 0.417 e. The summed E-state index contributed by atoms with van der Waals surface area (Å²) < 4.78 is 40.5. The maximum atomic E-state index is 13.1. The zero-order chi connectivity index (χ0) is 18.7. The van der Waals surface area contributed by atoms with Crippen molar-refractivity contribution >= 4 is 11.6 Å². The molecule has 0 fully saturated rings. The third-order valence-corrected chi connectivity index (χ3v) is 3.68. The SMILES string of the molecule is O=C(Nc1ccc(=O)n(-c2ccccc2)c1)c1ccccc1C(F)(F)F. The number of nitrogens with zero attached hydrogens (tertiary/aromatic N) is 1. The van der Waals surface area contributed by atoms with Gasteiger partial charge in [0.2, 0.25) is 0 Å². The van der Waals surface area contributed by atoms with Crippen molar-refractivity contribution in [2.45, 2.75) is 6.18 Å². The van der Waals surface area contributed by atoms with Crippen LogP contribution in [0.1, 0.15) is 15.9 Å². The summed E-state index contributed by atoms with van der Waals surface area (Å²) in [4.78, 5) is 24.3. The Hall–Kier alpha value is -3.35. The second-order valence-electron chi connectivity index (χ2n) is 5.46. The number of hydrogen-bond acceptors (Lipinski definition) is 2. The maximum absolute atomic E-state index is 13.1. The Labute approximate surface area is 146 Å². The van der Waals surface area contributed by atoms with Crippen molar-refractivity contribution in [2.75, 3.05) is 5.32 Å². The summed E-state index contributed by atoms with van der Waals surface area (Å²) in [6, 6.07) is 15.8. The number of amides is 1. The van der Waals surface area contributed by atoms with E-state index in [1.54, 1.807) is 30.3 Å². The number of carbonyl (C=O) groups is 1. The number of alkyl halides is 3. The molecule has 0 bridgehead atoms. The minimum absolute atomic E-state index is 0.204. The van der Waals surface area contributed by atoms with Crippen LogP contribution in [0.15, 0.2) is 77.7 Å². The summed E-state index contributed by atoms with van der Waals surface area (Å²) in [5.74, 6) is -0.906. The van der Waals surface area contributed by atoms with E-state index in [9.17, 15) is 22.8 Å². The lowest BCUT2D eigenvalue weighted by atomic mass is 10.1. The lowest BCUT2D eigenvalue weighted by Crippen LogP contribution is -2.21. The van der Waals surface area contributed by atoms with Crippen LogP contribution < -0.4 is 10.9 Å². The molecule has 132 valence electrons. The van der Waals surface area contributed by atoms with E-state index in [-0.39, 0.29) is 11.2 Å². The number of halogens is 3.